The van der Waals surface area contributed by atoms with Crippen LogP contribution in [0.2, 0.25) is 0 Å². The van der Waals surface area contributed by atoms with E-state index in [1.165, 1.54) is 37.3 Å². The Kier molecular flexibility index (Phi) is 9.04. The van der Waals surface area contributed by atoms with Gasteiger partial charge in [-0.15, -0.1) is 0 Å². The zero-order chi connectivity index (χ0) is 31.7. The number of fused-ring (bicyclic) bond motifs is 2. The third-order valence-electron chi connectivity index (χ3n) is 7.89. The van der Waals surface area contributed by atoms with Gasteiger partial charge in [-0.25, -0.2) is 9.59 Å². The lowest BCUT2D eigenvalue weighted by atomic mass is 9.93. The van der Waals surface area contributed by atoms with Crippen LogP contribution >= 0.6 is 0 Å². The number of aliphatic hydroxyl groups is 4. The molecule has 2 heterocycles. The number of carboxylic acids is 1. The van der Waals surface area contributed by atoms with Gasteiger partial charge in [0.25, 0.3) is 0 Å². The molecule has 1 aliphatic carbocycles. The molecule has 13 nitrogen and oxygen atoms in total. The van der Waals surface area contributed by atoms with Crippen molar-refractivity contribution in [3.05, 3.63) is 75.2 Å². The van der Waals surface area contributed by atoms with Gasteiger partial charge < -0.3 is 49.6 Å². The second-order valence-electron chi connectivity index (χ2n) is 10.9. The number of aliphatic hydroxyl groups excluding tert-OH is 4. The molecular weight excluding hydrogens is 580 g/mol. The topological polar surface area (TPSA) is 210 Å². The average Bonchev–Trinajstić information content (AvgIpc) is 3.26. The number of hydrogen-bond acceptors (Lipinski definition) is 12. The van der Waals surface area contributed by atoms with E-state index in [-0.39, 0.29) is 41.9 Å². The molecule has 0 amide bonds. The van der Waals surface area contributed by atoms with E-state index in [2.05, 4.69) is 0 Å². The van der Waals surface area contributed by atoms with Gasteiger partial charge in [0.1, 0.15) is 42.5 Å². The van der Waals surface area contributed by atoms with Gasteiger partial charge in [0.2, 0.25) is 5.43 Å². The number of carbonyl (C=O) groups excluding carboxylic acids is 1. The molecule has 234 valence electrons. The molecule has 7 unspecified atom stereocenters. The second kappa shape index (κ2) is 12.8. The number of ether oxygens (including phenoxy) is 4. The summed E-state index contributed by atoms with van der Waals surface area (Å²) in [5.41, 5.74) is 0.417. The van der Waals surface area contributed by atoms with Crippen LogP contribution in [0.15, 0.2) is 58.6 Å². The van der Waals surface area contributed by atoms with Gasteiger partial charge in [0, 0.05) is 35.6 Å². The van der Waals surface area contributed by atoms with E-state index in [4.69, 9.17) is 24.1 Å². The summed E-state index contributed by atoms with van der Waals surface area (Å²) in [6.07, 6.45) is -1.42. The summed E-state index contributed by atoms with van der Waals surface area (Å²) < 4.78 is 22.2. The highest BCUT2D eigenvalue weighted by atomic mass is 16.6. The summed E-state index contributed by atoms with van der Waals surface area (Å²) in [5.74, 6) is -3.30. The van der Waals surface area contributed by atoms with E-state index in [1.807, 2.05) is 0 Å². The molecule has 44 heavy (non-hydrogen) atoms. The first-order valence-electron chi connectivity index (χ1n) is 13.9. The molecule has 0 bridgehead atoms. The molecule has 0 spiro atoms. The number of phenols is 1. The zero-order valence-electron chi connectivity index (χ0n) is 23.5. The number of hydrogen-bond donors (Lipinski definition) is 6. The fourth-order valence-corrected chi connectivity index (χ4v) is 5.36. The minimum Gasteiger partial charge on any atom is -0.510 e. The number of rotatable bonds is 9. The van der Waals surface area contributed by atoms with Gasteiger partial charge >= 0.3 is 11.9 Å². The van der Waals surface area contributed by atoms with Crippen molar-refractivity contribution in [1.29, 1.82) is 0 Å². The van der Waals surface area contributed by atoms with E-state index in [1.54, 1.807) is 6.07 Å². The normalized spacial score (nSPS) is 28.4. The third-order valence-corrected chi connectivity index (χ3v) is 7.89. The average molecular weight is 613 g/mol. The molecule has 7 atom stereocenters. The number of aliphatic carboxylic acids is 1. The highest BCUT2D eigenvalue weighted by molar-refractivity contribution is 5.94. The maximum Gasteiger partial charge on any atom is 0.331 e. The van der Waals surface area contributed by atoms with E-state index in [9.17, 15) is 39.9 Å². The molecule has 13 heteroatoms. The quantitative estimate of drug-likeness (QED) is 0.173. The largest absolute Gasteiger partial charge is 0.510 e. The zero-order valence-corrected chi connectivity index (χ0v) is 23.5. The molecule has 6 N–H and O–H groups in total. The van der Waals surface area contributed by atoms with E-state index in [0.717, 1.165) is 12.2 Å². The summed E-state index contributed by atoms with van der Waals surface area (Å²) in [5, 5.41) is 61.3. The Morgan fingerprint density at radius 3 is 2.61 bits per heavy atom. The first-order valence-corrected chi connectivity index (χ1v) is 13.9. The van der Waals surface area contributed by atoms with Crippen molar-refractivity contribution < 1.29 is 59.2 Å². The van der Waals surface area contributed by atoms with Crippen molar-refractivity contribution in [2.24, 2.45) is 5.92 Å². The SMILES string of the molecule is CC1C(O)OC(COc2cc(CCOC3CC4OC(=O)C=C4C=C3O)cc3ccc(/C=C/C(=O)O)c(O)c3c2=O)C(O)C1O. The Balaban J connectivity index is 1.43. The lowest BCUT2D eigenvalue weighted by Gasteiger charge is -2.39. The van der Waals surface area contributed by atoms with Crippen LogP contribution < -0.4 is 10.2 Å². The molecule has 2 aromatic rings. The van der Waals surface area contributed by atoms with Gasteiger partial charge in [0.15, 0.2) is 12.0 Å². The first kappa shape index (κ1) is 31.2. The number of esters is 1. The molecule has 5 rings (SSSR count). The number of phenolic OH excluding ortho intramolecular Hbond substituents is 1. The Morgan fingerprint density at radius 2 is 1.86 bits per heavy atom. The second-order valence-corrected chi connectivity index (χ2v) is 10.9. The maximum absolute atomic E-state index is 13.7. The molecule has 3 aliphatic rings. The van der Waals surface area contributed by atoms with Gasteiger partial charge in [-0.1, -0.05) is 25.1 Å². The van der Waals surface area contributed by atoms with Crippen molar-refractivity contribution in [3.63, 3.8) is 0 Å². The molecule has 1 fully saturated rings. The van der Waals surface area contributed by atoms with Gasteiger partial charge in [-0.3, -0.25) is 4.79 Å². The smallest absolute Gasteiger partial charge is 0.331 e. The van der Waals surface area contributed by atoms with Crippen LogP contribution in [-0.2, 0) is 30.2 Å². The standard InChI is InChI=1S/C31H32O13/c1-14-27(36)30(39)23(44-31(14)40)13-42-22-9-15(6-7-41-21-12-20-18(10-19(21)32)11-25(35)43-20)8-17-3-2-16(4-5-24(33)34)28(37)26(17)29(22)38/h2-5,8-11,14,20-21,23,27,30-32,36-37,39-40H,6-7,12-13H2,1H3,(H,33,34)/b5-4+. The van der Waals surface area contributed by atoms with Crippen LogP contribution in [0.3, 0.4) is 0 Å². The minimum atomic E-state index is -1.42. The Labute approximate surface area is 250 Å². The number of carbonyl (C=O) groups is 2. The number of aromatic hydroxyl groups is 1. The van der Waals surface area contributed by atoms with Crippen molar-refractivity contribution in [3.8, 4) is 11.5 Å². The molecule has 0 radical (unpaired) electrons. The van der Waals surface area contributed by atoms with E-state index < -0.39 is 72.5 Å². The Bertz CT molecular complexity index is 1610. The Morgan fingerprint density at radius 1 is 1.09 bits per heavy atom. The minimum absolute atomic E-state index is 0.0580. The summed E-state index contributed by atoms with van der Waals surface area (Å²) in [6.45, 7) is 1.13. The maximum atomic E-state index is 13.7. The lowest BCUT2D eigenvalue weighted by Crippen LogP contribution is -2.55. The summed E-state index contributed by atoms with van der Waals surface area (Å²) in [4.78, 5) is 36.3. The Hall–Kier alpha value is -4.27. The molecule has 2 aliphatic heterocycles. The predicted molar refractivity (Wildman–Crippen MR) is 153 cm³/mol. The van der Waals surface area contributed by atoms with E-state index in [0.29, 0.717) is 16.5 Å². The van der Waals surface area contributed by atoms with Crippen LogP contribution in [0.4, 0.5) is 0 Å². The fourth-order valence-electron chi connectivity index (χ4n) is 5.36. The molecule has 0 aromatic heterocycles. The van der Waals surface area contributed by atoms with Crippen LogP contribution in [0.1, 0.15) is 24.5 Å². The van der Waals surface area contributed by atoms with Gasteiger partial charge in [-0.05, 0) is 35.6 Å². The fraction of sp³-hybridized carbons (Fsp3) is 0.387. The molecule has 2 aromatic carbocycles. The van der Waals surface area contributed by atoms with Crippen LogP contribution in [0, 0.1) is 5.92 Å². The van der Waals surface area contributed by atoms with Gasteiger partial charge in [-0.2, -0.15) is 0 Å². The summed E-state index contributed by atoms with van der Waals surface area (Å²) in [6, 6.07) is 6.02. The summed E-state index contributed by atoms with van der Waals surface area (Å²) in [7, 11) is 0. The predicted octanol–water partition coefficient (Wildman–Crippen LogP) is 1.08. The highest BCUT2D eigenvalue weighted by Crippen LogP contribution is 2.32. The monoisotopic (exact) mass is 612 g/mol. The first-order chi connectivity index (χ1) is 20.9. The molecule has 1 saturated heterocycles. The highest BCUT2D eigenvalue weighted by Gasteiger charge is 2.42. The molecule has 0 saturated carbocycles. The van der Waals surface area contributed by atoms with Crippen LogP contribution in [0.5, 0.6) is 11.5 Å². The van der Waals surface area contributed by atoms with E-state index >= 15 is 0 Å². The van der Waals surface area contributed by atoms with Crippen molar-refractivity contribution in [1.82, 2.24) is 0 Å². The third kappa shape index (κ3) is 6.47. The van der Waals surface area contributed by atoms with Gasteiger partial charge in [0.05, 0.1) is 18.1 Å². The number of benzene rings is 1. The van der Waals surface area contributed by atoms with Crippen molar-refractivity contribution >= 4 is 28.8 Å². The summed E-state index contributed by atoms with van der Waals surface area (Å²) >= 11 is 0. The van der Waals surface area contributed by atoms with Crippen LogP contribution in [0.25, 0.3) is 16.8 Å². The van der Waals surface area contributed by atoms with Crippen LogP contribution in [-0.4, -0.2) is 92.6 Å². The van der Waals surface area contributed by atoms with Crippen molar-refractivity contribution in [2.45, 2.75) is 56.6 Å². The number of carboxylic acid groups (broad SMARTS) is 1. The van der Waals surface area contributed by atoms with Crippen molar-refractivity contribution in [2.75, 3.05) is 13.2 Å². The molecular formula is C31H32O13. The lowest BCUT2D eigenvalue weighted by molar-refractivity contribution is -0.264.